The average molecular weight is 282 g/mol. The summed E-state index contributed by atoms with van der Waals surface area (Å²) >= 11 is 0. The highest BCUT2D eigenvalue weighted by molar-refractivity contribution is 5.93. The number of nitrogens with one attached hydrogen (secondary N) is 1. The highest BCUT2D eigenvalue weighted by Gasteiger charge is 2.17. The Bertz CT molecular complexity index is 721. The van der Waals surface area contributed by atoms with Gasteiger partial charge in [0.1, 0.15) is 0 Å². The topological polar surface area (TPSA) is 85.1 Å². The molecular weight excluding hydrogens is 268 g/mol. The van der Waals surface area contributed by atoms with Gasteiger partial charge in [-0.1, -0.05) is 6.92 Å². The lowest BCUT2D eigenvalue weighted by atomic mass is 10.1. The van der Waals surface area contributed by atoms with E-state index in [9.17, 15) is 4.79 Å². The predicted octanol–water partition coefficient (Wildman–Crippen LogP) is 1.40. The van der Waals surface area contributed by atoms with Gasteiger partial charge in [-0.05, 0) is 18.6 Å². The summed E-state index contributed by atoms with van der Waals surface area (Å²) in [5.74, 6) is 0.424. The van der Waals surface area contributed by atoms with Gasteiger partial charge in [-0.25, -0.2) is 9.97 Å². The van der Waals surface area contributed by atoms with Gasteiger partial charge in [0.15, 0.2) is 0 Å². The first-order valence-electron chi connectivity index (χ1n) is 6.65. The fraction of sp³-hybridized carbons (Fsp3) is 0.214. The lowest BCUT2D eigenvalue weighted by Crippen LogP contribution is -2.28. The first-order valence-corrected chi connectivity index (χ1v) is 6.65. The van der Waals surface area contributed by atoms with E-state index in [2.05, 4.69) is 25.5 Å². The van der Waals surface area contributed by atoms with Gasteiger partial charge in [-0.15, -0.1) is 0 Å². The Balaban J connectivity index is 1.83. The Morgan fingerprint density at radius 1 is 1.38 bits per heavy atom. The molecule has 106 valence electrons. The third-order valence-electron chi connectivity index (χ3n) is 3.17. The summed E-state index contributed by atoms with van der Waals surface area (Å²) < 4.78 is 1.83. The van der Waals surface area contributed by atoms with E-state index in [-0.39, 0.29) is 11.9 Å². The zero-order valence-corrected chi connectivity index (χ0v) is 11.5. The molecule has 0 radical (unpaired) electrons. The number of nitrogens with zero attached hydrogens (tertiary/aromatic N) is 5. The predicted molar refractivity (Wildman–Crippen MR) is 75.5 cm³/mol. The van der Waals surface area contributed by atoms with Crippen molar-refractivity contribution in [3.63, 3.8) is 0 Å². The third-order valence-corrected chi connectivity index (χ3v) is 3.17. The van der Waals surface area contributed by atoms with Crippen molar-refractivity contribution in [3.8, 4) is 0 Å². The summed E-state index contributed by atoms with van der Waals surface area (Å²) in [7, 11) is 0. The molecule has 0 bridgehead atoms. The van der Waals surface area contributed by atoms with Crippen LogP contribution in [0.5, 0.6) is 0 Å². The normalized spacial score (nSPS) is 12.2. The maximum Gasteiger partial charge on any atom is 0.253 e. The maximum absolute atomic E-state index is 12.2. The fourth-order valence-corrected chi connectivity index (χ4v) is 2.07. The summed E-state index contributed by atoms with van der Waals surface area (Å²) in [6, 6.07) is 3.29. The van der Waals surface area contributed by atoms with Gasteiger partial charge in [0.2, 0.25) is 5.78 Å². The molecule has 1 N–H and O–H groups in total. The van der Waals surface area contributed by atoms with Crippen LogP contribution in [0.1, 0.15) is 35.4 Å². The van der Waals surface area contributed by atoms with E-state index in [1.165, 1.54) is 12.4 Å². The monoisotopic (exact) mass is 282 g/mol. The van der Waals surface area contributed by atoms with E-state index >= 15 is 0 Å². The van der Waals surface area contributed by atoms with Gasteiger partial charge in [0, 0.05) is 18.6 Å². The molecule has 0 fully saturated rings. The fourth-order valence-electron chi connectivity index (χ4n) is 2.07. The lowest BCUT2D eigenvalue weighted by molar-refractivity contribution is 0.0934. The molecule has 7 nitrogen and oxygen atoms in total. The minimum Gasteiger partial charge on any atom is -0.344 e. The number of rotatable bonds is 4. The summed E-state index contributed by atoms with van der Waals surface area (Å²) in [4.78, 5) is 20.8. The van der Waals surface area contributed by atoms with Crippen LogP contribution in [0, 0.1) is 0 Å². The number of carbonyl (C=O) groups excluding carboxylic acids is 1. The minimum absolute atomic E-state index is 0.174. The van der Waals surface area contributed by atoms with E-state index in [4.69, 9.17) is 0 Å². The van der Waals surface area contributed by atoms with E-state index in [1.54, 1.807) is 12.3 Å². The van der Waals surface area contributed by atoms with Crippen LogP contribution in [0.2, 0.25) is 0 Å². The van der Waals surface area contributed by atoms with Crippen LogP contribution in [0.3, 0.4) is 0 Å². The van der Waals surface area contributed by atoms with Crippen LogP contribution < -0.4 is 5.32 Å². The van der Waals surface area contributed by atoms with Crippen LogP contribution in [-0.4, -0.2) is 30.5 Å². The summed E-state index contributed by atoms with van der Waals surface area (Å²) in [6.45, 7) is 1.99. The molecule has 0 aliphatic heterocycles. The summed E-state index contributed by atoms with van der Waals surface area (Å²) in [6.07, 6.45) is 9.10. The Labute approximate surface area is 121 Å². The molecule has 1 atom stereocenters. The number of hydrogen-bond acceptors (Lipinski definition) is 5. The second-order valence-electron chi connectivity index (χ2n) is 4.56. The number of aromatic nitrogens is 5. The molecule has 1 amide bonds. The molecule has 21 heavy (non-hydrogen) atoms. The molecule has 3 heterocycles. The van der Waals surface area contributed by atoms with Crippen LogP contribution in [-0.2, 0) is 0 Å². The maximum atomic E-state index is 12.2. The summed E-state index contributed by atoms with van der Waals surface area (Å²) in [5, 5.41) is 10.3. The molecule has 0 saturated carbocycles. The van der Waals surface area contributed by atoms with Gasteiger partial charge in [-0.2, -0.15) is 10.2 Å². The molecule has 7 heteroatoms. The van der Waals surface area contributed by atoms with Crippen molar-refractivity contribution in [1.82, 2.24) is 29.9 Å². The second kappa shape index (κ2) is 5.66. The van der Waals surface area contributed by atoms with Gasteiger partial charge < -0.3 is 5.32 Å². The van der Waals surface area contributed by atoms with Crippen molar-refractivity contribution >= 4 is 11.7 Å². The highest BCUT2D eigenvalue weighted by Crippen LogP contribution is 2.16. The Morgan fingerprint density at radius 2 is 2.29 bits per heavy atom. The van der Waals surface area contributed by atoms with Gasteiger partial charge in [-0.3, -0.25) is 9.20 Å². The van der Waals surface area contributed by atoms with Gasteiger partial charge in [0.05, 0.1) is 29.7 Å². The number of amides is 1. The van der Waals surface area contributed by atoms with E-state index in [1.807, 2.05) is 29.8 Å². The molecule has 0 aliphatic carbocycles. The molecule has 3 rings (SSSR count). The van der Waals surface area contributed by atoms with Crippen molar-refractivity contribution in [2.45, 2.75) is 19.4 Å². The lowest BCUT2D eigenvalue weighted by Gasteiger charge is -2.14. The molecule has 0 saturated heterocycles. The first-order chi connectivity index (χ1) is 10.3. The Kier molecular flexibility index (Phi) is 3.55. The van der Waals surface area contributed by atoms with Crippen molar-refractivity contribution in [2.75, 3.05) is 0 Å². The number of fused-ring (bicyclic) bond motifs is 1. The van der Waals surface area contributed by atoms with Crippen molar-refractivity contribution in [2.24, 2.45) is 0 Å². The standard InChI is InChI=1S/C14H14N6O/c1-2-11(18-13(21)10-4-6-16-17-8-10)12-9-20-7-3-5-15-14(20)19-12/h3-9,11H,2H2,1H3,(H,18,21). The number of imidazole rings is 1. The molecule has 0 aromatic carbocycles. The van der Waals surface area contributed by atoms with Gasteiger partial charge in [0.25, 0.3) is 5.91 Å². The second-order valence-corrected chi connectivity index (χ2v) is 4.56. The van der Waals surface area contributed by atoms with E-state index < -0.39 is 0 Å². The molecular formula is C14H14N6O. The largest absolute Gasteiger partial charge is 0.344 e. The first kappa shape index (κ1) is 13.2. The van der Waals surface area contributed by atoms with Gasteiger partial charge >= 0.3 is 0 Å². The molecule has 0 spiro atoms. The third kappa shape index (κ3) is 2.71. The molecule has 1 unspecified atom stereocenters. The van der Waals surface area contributed by atoms with E-state index in [0.29, 0.717) is 11.3 Å². The quantitative estimate of drug-likeness (QED) is 0.781. The Hall–Kier alpha value is -2.83. The van der Waals surface area contributed by atoms with Crippen LogP contribution in [0.25, 0.3) is 5.78 Å². The van der Waals surface area contributed by atoms with Crippen LogP contribution in [0.15, 0.2) is 43.1 Å². The Morgan fingerprint density at radius 3 is 3.00 bits per heavy atom. The highest BCUT2D eigenvalue weighted by atomic mass is 16.1. The zero-order valence-electron chi connectivity index (χ0n) is 11.5. The average Bonchev–Trinajstić information content (AvgIpc) is 2.97. The zero-order chi connectivity index (χ0) is 14.7. The van der Waals surface area contributed by atoms with Crippen LogP contribution in [0.4, 0.5) is 0 Å². The van der Waals surface area contributed by atoms with Crippen molar-refractivity contribution in [3.05, 3.63) is 54.4 Å². The SMILES string of the molecule is CCC(NC(=O)c1ccnnc1)c1cn2cccnc2n1. The number of hydrogen-bond donors (Lipinski definition) is 1. The minimum atomic E-state index is -0.193. The van der Waals surface area contributed by atoms with Crippen molar-refractivity contribution < 1.29 is 4.79 Å². The van der Waals surface area contributed by atoms with E-state index in [0.717, 1.165) is 12.1 Å². The van der Waals surface area contributed by atoms with Crippen LogP contribution >= 0.6 is 0 Å². The smallest absolute Gasteiger partial charge is 0.253 e. The molecule has 0 aliphatic rings. The molecule has 3 aromatic heterocycles. The summed E-state index contributed by atoms with van der Waals surface area (Å²) in [5.41, 5.74) is 1.26. The van der Waals surface area contributed by atoms with Crippen molar-refractivity contribution in [1.29, 1.82) is 0 Å². The number of carbonyl (C=O) groups is 1. The molecule has 3 aromatic rings.